The highest BCUT2D eigenvalue weighted by Crippen LogP contribution is 2.35. The fourth-order valence-electron chi connectivity index (χ4n) is 2.45. The van der Waals surface area contributed by atoms with Crippen molar-refractivity contribution < 1.29 is 19.0 Å². The predicted molar refractivity (Wildman–Crippen MR) is 87.3 cm³/mol. The number of fused-ring (bicyclic) bond motifs is 1. The van der Waals surface area contributed by atoms with Crippen molar-refractivity contribution in [3.8, 4) is 5.75 Å². The molecule has 1 aromatic rings. The lowest BCUT2D eigenvalue weighted by atomic mass is 10.0. The fraction of sp³-hybridized carbons (Fsp3) is 0.625. The van der Waals surface area contributed by atoms with Gasteiger partial charge in [0, 0.05) is 13.2 Å². The van der Waals surface area contributed by atoms with E-state index in [9.17, 15) is 4.79 Å². The number of hydrogen-bond acceptors (Lipinski definition) is 6. The molecule has 7 nitrogen and oxygen atoms in total. The van der Waals surface area contributed by atoms with E-state index in [0.717, 1.165) is 0 Å². The number of nitrogens with zero attached hydrogens (tertiary/aromatic N) is 2. The number of carbonyl (C=O) groups is 1. The molecule has 2 rings (SSSR count). The fourth-order valence-corrected chi connectivity index (χ4v) is 2.45. The Bertz CT molecular complexity index is 544. The molecule has 0 saturated carbocycles. The molecule has 0 saturated heterocycles. The Balaban J connectivity index is 2.34. The number of amides is 1. The van der Waals surface area contributed by atoms with Gasteiger partial charge < -0.3 is 19.9 Å². The van der Waals surface area contributed by atoms with E-state index in [1.54, 1.807) is 17.0 Å². The largest absolute Gasteiger partial charge is 0.476 e. The van der Waals surface area contributed by atoms with Crippen LogP contribution in [0.25, 0.3) is 0 Å². The second-order valence-electron chi connectivity index (χ2n) is 5.63. The Morgan fingerprint density at radius 1 is 1.30 bits per heavy atom. The second-order valence-corrected chi connectivity index (χ2v) is 5.63. The summed E-state index contributed by atoms with van der Waals surface area (Å²) >= 11 is 0. The summed E-state index contributed by atoms with van der Waals surface area (Å²) in [5, 5.41) is 0. The first-order valence-electron chi connectivity index (χ1n) is 7.95. The van der Waals surface area contributed by atoms with Crippen LogP contribution in [0.4, 0.5) is 11.6 Å². The number of carbonyl (C=O) groups excluding carboxylic acids is 1. The van der Waals surface area contributed by atoms with Crippen LogP contribution < -0.4 is 15.4 Å². The molecule has 0 aromatic carbocycles. The number of hydrogen-bond donors (Lipinski definition) is 1. The number of aromatic nitrogens is 1. The SMILES string of the molecule is CCOC(CN1C(=O)C(C(C)C)Oc2ccc(N)nc21)OCC. The Labute approximate surface area is 136 Å². The van der Waals surface area contributed by atoms with Crippen LogP contribution in [0.1, 0.15) is 27.7 Å². The highest BCUT2D eigenvalue weighted by molar-refractivity contribution is 5.99. The van der Waals surface area contributed by atoms with Crippen molar-refractivity contribution in [2.45, 2.75) is 40.1 Å². The van der Waals surface area contributed by atoms with Gasteiger partial charge in [-0.15, -0.1) is 0 Å². The third-order valence-corrected chi connectivity index (χ3v) is 3.52. The van der Waals surface area contributed by atoms with Gasteiger partial charge in [0.05, 0.1) is 6.54 Å². The van der Waals surface area contributed by atoms with Gasteiger partial charge in [-0.1, -0.05) is 13.8 Å². The smallest absolute Gasteiger partial charge is 0.269 e. The topological polar surface area (TPSA) is 86.9 Å². The molecule has 0 aliphatic carbocycles. The number of anilines is 2. The maximum absolute atomic E-state index is 12.8. The van der Waals surface area contributed by atoms with E-state index in [0.29, 0.717) is 30.6 Å². The molecule has 128 valence electrons. The molecule has 0 spiro atoms. The molecule has 0 fully saturated rings. The summed E-state index contributed by atoms with van der Waals surface area (Å²) in [5.41, 5.74) is 5.77. The molecular weight excluding hydrogens is 298 g/mol. The molecule has 1 unspecified atom stereocenters. The standard InChI is InChI=1S/C16H25N3O4/c1-5-21-13(22-6-2)9-19-15-11(7-8-12(17)18-15)23-14(10(3)4)16(19)20/h7-8,10,13-14H,5-6,9H2,1-4H3,(H2,17,18). The van der Waals surface area contributed by atoms with E-state index < -0.39 is 12.4 Å². The van der Waals surface area contributed by atoms with Crippen LogP contribution >= 0.6 is 0 Å². The van der Waals surface area contributed by atoms with Crippen molar-refractivity contribution in [1.29, 1.82) is 0 Å². The van der Waals surface area contributed by atoms with E-state index in [-0.39, 0.29) is 18.4 Å². The van der Waals surface area contributed by atoms with Crippen molar-refractivity contribution in [3.63, 3.8) is 0 Å². The van der Waals surface area contributed by atoms with Crippen molar-refractivity contribution in [3.05, 3.63) is 12.1 Å². The monoisotopic (exact) mass is 323 g/mol. The Morgan fingerprint density at radius 2 is 1.96 bits per heavy atom. The first-order valence-corrected chi connectivity index (χ1v) is 7.95. The molecule has 1 amide bonds. The van der Waals surface area contributed by atoms with Gasteiger partial charge in [0.1, 0.15) is 5.82 Å². The molecule has 1 aromatic heterocycles. The number of ether oxygens (including phenoxy) is 3. The van der Waals surface area contributed by atoms with E-state index >= 15 is 0 Å². The minimum Gasteiger partial charge on any atom is -0.476 e. The van der Waals surface area contributed by atoms with E-state index in [1.807, 2.05) is 27.7 Å². The van der Waals surface area contributed by atoms with Crippen LogP contribution in [0, 0.1) is 5.92 Å². The summed E-state index contributed by atoms with van der Waals surface area (Å²) in [6, 6.07) is 3.40. The van der Waals surface area contributed by atoms with Crippen LogP contribution in [-0.4, -0.2) is 43.0 Å². The molecule has 1 aliphatic heterocycles. The molecule has 2 heterocycles. The highest BCUT2D eigenvalue weighted by atomic mass is 16.7. The third-order valence-electron chi connectivity index (χ3n) is 3.52. The van der Waals surface area contributed by atoms with Gasteiger partial charge in [0.2, 0.25) is 0 Å². The number of pyridine rings is 1. The number of rotatable bonds is 7. The Hall–Kier alpha value is -1.86. The predicted octanol–water partition coefficient (Wildman–Crippen LogP) is 1.81. The van der Waals surface area contributed by atoms with E-state index in [1.165, 1.54) is 0 Å². The summed E-state index contributed by atoms with van der Waals surface area (Å²) in [6.07, 6.45) is -1.08. The Kier molecular flexibility index (Phi) is 5.79. The lowest BCUT2D eigenvalue weighted by molar-refractivity contribution is -0.140. The minimum absolute atomic E-state index is 0.0355. The van der Waals surface area contributed by atoms with Crippen LogP contribution in [0.5, 0.6) is 5.75 Å². The number of nitrogens with two attached hydrogens (primary N) is 1. The molecule has 0 radical (unpaired) electrons. The van der Waals surface area contributed by atoms with E-state index in [4.69, 9.17) is 19.9 Å². The van der Waals surface area contributed by atoms with Gasteiger partial charge in [-0.25, -0.2) is 4.98 Å². The summed E-state index contributed by atoms with van der Waals surface area (Å²) < 4.78 is 16.9. The third kappa shape index (κ3) is 3.92. The van der Waals surface area contributed by atoms with Crippen molar-refractivity contribution in [2.24, 2.45) is 5.92 Å². The average molecular weight is 323 g/mol. The summed E-state index contributed by atoms with van der Waals surface area (Å²) in [7, 11) is 0. The summed E-state index contributed by atoms with van der Waals surface area (Å²) in [5.74, 6) is 1.17. The molecular formula is C16H25N3O4. The summed E-state index contributed by atoms with van der Waals surface area (Å²) in [6.45, 7) is 8.89. The zero-order valence-corrected chi connectivity index (χ0v) is 14.1. The zero-order valence-electron chi connectivity index (χ0n) is 14.1. The van der Waals surface area contributed by atoms with Crippen LogP contribution in [-0.2, 0) is 14.3 Å². The Morgan fingerprint density at radius 3 is 2.52 bits per heavy atom. The maximum atomic E-state index is 12.8. The molecule has 7 heteroatoms. The number of nitrogen functional groups attached to an aromatic ring is 1. The van der Waals surface area contributed by atoms with Crippen LogP contribution in [0.3, 0.4) is 0 Å². The first-order chi connectivity index (χ1) is 11.0. The minimum atomic E-state index is -0.558. The van der Waals surface area contributed by atoms with Crippen molar-refractivity contribution >= 4 is 17.5 Å². The molecule has 1 atom stereocenters. The zero-order chi connectivity index (χ0) is 17.0. The van der Waals surface area contributed by atoms with Crippen molar-refractivity contribution in [2.75, 3.05) is 30.4 Å². The quantitative estimate of drug-likeness (QED) is 0.770. The van der Waals surface area contributed by atoms with Gasteiger partial charge in [0.15, 0.2) is 24.0 Å². The van der Waals surface area contributed by atoms with Crippen molar-refractivity contribution in [1.82, 2.24) is 4.98 Å². The highest BCUT2D eigenvalue weighted by Gasteiger charge is 2.38. The molecule has 23 heavy (non-hydrogen) atoms. The van der Waals surface area contributed by atoms with E-state index in [2.05, 4.69) is 4.98 Å². The van der Waals surface area contributed by atoms with Gasteiger partial charge in [0.25, 0.3) is 5.91 Å². The lowest BCUT2D eigenvalue weighted by Crippen LogP contribution is -2.51. The normalized spacial score (nSPS) is 17.6. The maximum Gasteiger partial charge on any atom is 0.269 e. The van der Waals surface area contributed by atoms with Gasteiger partial charge in [-0.05, 0) is 31.9 Å². The lowest BCUT2D eigenvalue weighted by Gasteiger charge is -2.36. The molecule has 1 aliphatic rings. The molecule has 0 bridgehead atoms. The first kappa shape index (κ1) is 17.5. The summed E-state index contributed by atoms with van der Waals surface area (Å²) in [4.78, 5) is 18.6. The van der Waals surface area contributed by atoms with Crippen LogP contribution in [0.2, 0.25) is 0 Å². The van der Waals surface area contributed by atoms with Gasteiger partial charge in [-0.3, -0.25) is 9.69 Å². The van der Waals surface area contributed by atoms with Gasteiger partial charge >= 0.3 is 0 Å². The molecule has 2 N–H and O–H groups in total. The average Bonchev–Trinajstić information content (AvgIpc) is 2.50. The second kappa shape index (κ2) is 7.61. The van der Waals surface area contributed by atoms with Gasteiger partial charge in [-0.2, -0.15) is 0 Å². The van der Waals surface area contributed by atoms with Crippen LogP contribution in [0.15, 0.2) is 12.1 Å².